The molecule has 25 heavy (non-hydrogen) atoms. The van der Waals surface area contributed by atoms with Crippen molar-refractivity contribution >= 4 is 29.3 Å². The van der Waals surface area contributed by atoms with Crippen molar-refractivity contribution in [1.82, 2.24) is 0 Å². The van der Waals surface area contributed by atoms with E-state index in [9.17, 15) is 14.7 Å². The zero-order valence-corrected chi connectivity index (χ0v) is 14.8. The largest absolute Gasteiger partial charge is 0.481 e. The van der Waals surface area contributed by atoms with Crippen LogP contribution in [0, 0.1) is 0 Å². The molecule has 6 heteroatoms. The van der Waals surface area contributed by atoms with E-state index in [0.29, 0.717) is 17.0 Å². The van der Waals surface area contributed by atoms with Crippen molar-refractivity contribution in [3.05, 3.63) is 54.1 Å². The van der Waals surface area contributed by atoms with Crippen molar-refractivity contribution in [2.75, 3.05) is 17.7 Å². The Bertz CT molecular complexity index is 790. The van der Waals surface area contributed by atoms with Crippen molar-refractivity contribution in [3.63, 3.8) is 0 Å². The molecule has 0 saturated carbocycles. The fourth-order valence-electron chi connectivity index (χ4n) is 2.96. The SMILES string of the molecule is CSc1ccc(OC(C)C(=O)N2CC(C(=O)O)c3ccccc32)cc1. The molecular formula is C19H19NO4S. The van der Waals surface area contributed by atoms with Crippen molar-refractivity contribution in [1.29, 1.82) is 0 Å². The van der Waals surface area contributed by atoms with Crippen LogP contribution >= 0.6 is 11.8 Å². The van der Waals surface area contributed by atoms with Crippen LogP contribution in [0.1, 0.15) is 18.4 Å². The zero-order valence-electron chi connectivity index (χ0n) is 14.0. The number of hydrogen-bond donors (Lipinski definition) is 1. The first-order chi connectivity index (χ1) is 12.0. The number of hydrogen-bond acceptors (Lipinski definition) is 4. The lowest BCUT2D eigenvalue weighted by atomic mass is 10.0. The molecule has 2 unspecified atom stereocenters. The van der Waals surface area contributed by atoms with Gasteiger partial charge < -0.3 is 14.7 Å². The van der Waals surface area contributed by atoms with Crippen LogP contribution < -0.4 is 9.64 Å². The fourth-order valence-corrected chi connectivity index (χ4v) is 3.36. The third kappa shape index (κ3) is 3.49. The molecule has 0 aromatic heterocycles. The minimum absolute atomic E-state index is 0.132. The van der Waals surface area contributed by atoms with E-state index in [1.165, 1.54) is 4.90 Å². The number of fused-ring (bicyclic) bond motifs is 1. The highest BCUT2D eigenvalue weighted by Gasteiger charge is 2.38. The molecule has 3 rings (SSSR count). The van der Waals surface area contributed by atoms with Crippen LogP contribution in [0.2, 0.25) is 0 Å². The summed E-state index contributed by atoms with van der Waals surface area (Å²) in [5, 5.41) is 9.41. The minimum Gasteiger partial charge on any atom is -0.481 e. The second-order valence-electron chi connectivity index (χ2n) is 5.83. The lowest BCUT2D eigenvalue weighted by Gasteiger charge is -2.22. The first kappa shape index (κ1) is 17.4. The number of nitrogens with zero attached hydrogens (tertiary/aromatic N) is 1. The number of rotatable bonds is 5. The summed E-state index contributed by atoms with van der Waals surface area (Å²) < 4.78 is 5.75. The van der Waals surface area contributed by atoms with Gasteiger partial charge in [0.1, 0.15) is 11.7 Å². The summed E-state index contributed by atoms with van der Waals surface area (Å²) in [7, 11) is 0. The Kier molecular flexibility index (Phi) is 4.99. The number of para-hydroxylation sites is 1. The Morgan fingerprint density at radius 1 is 1.20 bits per heavy atom. The third-order valence-corrected chi connectivity index (χ3v) is 5.00. The van der Waals surface area contributed by atoms with Gasteiger partial charge in [-0.05, 0) is 49.1 Å². The molecule has 2 aromatic rings. The molecule has 0 spiro atoms. The molecule has 1 heterocycles. The average molecular weight is 357 g/mol. The predicted octanol–water partition coefficient (Wildman–Crippen LogP) is 3.39. The number of amides is 1. The molecule has 2 aromatic carbocycles. The van der Waals surface area contributed by atoms with Crippen LogP contribution in [0.25, 0.3) is 0 Å². The van der Waals surface area contributed by atoms with E-state index in [2.05, 4.69) is 0 Å². The maximum Gasteiger partial charge on any atom is 0.312 e. The first-order valence-corrected chi connectivity index (χ1v) is 9.17. The van der Waals surface area contributed by atoms with Crippen molar-refractivity contribution in [2.24, 2.45) is 0 Å². The van der Waals surface area contributed by atoms with E-state index in [0.717, 1.165) is 4.90 Å². The number of anilines is 1. The molecule has 1 aliphatic rings. The molecule has 0 aliphatic carbocycles. The van der Waals surface area contributed by atoms with Gasteiger partial charge in [-0.2, -0.15) is 0 Å². The number of carbonyl (C=O) groups is 2. The average Bonchev–Trinajstić information content (AvgIpc) is 3.01. The number of thioether (sulfide) groups is 1. The molecule has 0 radical (unpaired) electrons. The van der Waals surface area contributed by atoms with Crippen LogP contribution in [-0.4, -0.2) is 35.9 Å². The minimum atomic E-state index is -0.927. The summed E-state index contributed by atoms with van der Waals surface area (Å²) in [6.07, 6.45) is 1.28. The lowest BCUT2D eigenvalue weighted by molar-refractivity contribution is -0.138. The molecule has 130 valence electrons. The first-order valence-electron chi connectivity index (χ1n) is 7.95. The molecular weight excluding hydrogens is 338 g/mol. The van der Waals surface area contributed by atoms with Gasteiger partial charge in [0.25, 0.3) is 5.91 Å². The van der Waals surface area contributed by atoms with E-state index < -0.39 is 18.0 Å². The predicted molar refractivity (Wildman–Crippen MR) is 97.5 cm³/mol. The number of benzene rings is 2. The molecule has 0 bridgehead atoms. The molecule has 0 fully saturated rings. The van der Waals surface area contributed by atoms with Crippen LogP contribution in [-0.2, 0) is 9.59 Å². The van der Waals surface area contributed by atoms with Crippen molar-refractivity contribution < 1.29 is 19.4 Å². The Morgan fingerprint density at radius 3 is 2.52 bits per heavy atom. The quantitative estimate of drug-likeness (QED) is 0.831. The van der Waals surface area contributed by atoms with Gasteiger partial charge in [0.2, 0.25) is 0 Å². The van der Waals surface area contributed by atoms with Crippen LogP contribution in [0.15, 0.2) is 53.4 Å². The maximum atomic E-state index is 12.8. The van der Waals surface area contributed by atoms with Gasteiger partial charge >= 0.3 is 5.97 Å². The fraction of sp³-hybridized carbons (Fsp3) is 0.263. The highest BCUT2D eigenvalue weighted by molar-refractivity contribution is 7.98. The van der Waals surface area contributed by atoms with Gasteiger partial charge in [-0.3, -0.25) is 9.59 Å². The summed E-state index contributed by atoms with van der Waals surface area (Å²) in [4.78, 5) is 26.9. The van der Waals surface area contributed by atoms with Gasteiger partial charge in [-0.15, -0.1) is 11.8 Å². The number of aliphatic carboxylic acids is 1. The normalized spacial score (nSPS) is 17.0. The zero-order chi connectivity index (χ0) is 18.0. The van der Waals surface area contributed by atoms with Crippen molar-refractivity contribution in [3.8, 4) is 5.75 Å². The van der Waals surface area contributed by atoms with Crippen molar-refractivity contribution in [2.45, 2.75) is 23.8 Å². The second kappa shape index (κ2) is 7.19. The van der Waals surface area contributed by atoms with Gasteiger partial charge in [0.05, 0.1) is 0 Å². The molecule has 5 nitrogen and oxygen atoms in total. The molecule has 1 amide bonds. The summed E-state index contributed by atoms with van der Waals surface area (Å²) in [6, 6.07) is 14.6. The summed E-state index contributed by atoms with van der Waals surface area (Å²) in [5.41, 5.74) is 1.31. The maximum absolute atomic E-state index is 12.8. The molecule has 1 N–H and O–H groups in total. The monoisotopic (exact) mass is 357 g/mol. The standard InChI is InChI=1S/C19H19NO4S/c1-12(24-13-7-9-14(25-2)10-8-13)18(21)20-11-16(19(22)23)15-5-3-4-6-17(15)20/h3-10,12,16H,11H2,1-2H3,(H,22,23). The highest BCUT2D eigenvalue weighted by Crippen LogP contribution is 2.36. The Hall–Kier alpha value is -2.47. The van der Waals surface area contributed by atoms with Gasteiger partial charge in [-0.1, -0.05) is 18.2 Å². The van der Waals surface area contributed by atoms with Gasteiger partial charge in [-0.25, -0.2) is 0 Å². The molecule has 2 atom stereocenters. The Labute approximate surface area is 150 Å². The van der Waals surface area contributed by atoms with Gasteiger partial charge in [0.15, 0.2) is 6.10 Å². The Morgan fingerprint density at radius 2 is 1.88 bits per heavy atom. The summed E-state index contributed by atoms with van der Waals surface area (Å²) >= 11 is 1.63. The van der Waals surface area contributed by atoms with E-state index in [1.807, 2.05) is 30.5 Å². The second-order valence-corrected chi connectivity index (χ2v) is 6.71. The van der Waals surface area contributed by atoms with E-state index >= 15 is 0 Å². The highest BCUT2D eigenvalue weighted by atomic mass is 32.2. The number of ether oxygens (including phenoxy) is 1. The molecule has 0 saturated heterocycles. The van der Waals surface area contributed by atoms with Crippen LogP contribution in [0.3, 0.4) is 0 Å². The van der Waals surface area contributed by atoms with Gasteiger partial charge in [0, 0.05) is 17.1 Å². The van der Waals surface area contributed by atoms with E-state index in [4.69, 9.17) is 4.74 Å². The summed E-state index contributed by atoms with van der Waals surface area (Å²) in [6.45, 7) is 1.81. The smallest absolute Gasteiger partial charge is 0.312 e. The number of carboxylic acid groups (broad SMARTS) is 1. The molecule has 1 aliphatic heterocycles. The van der Waals surface area contributed by atoms with E-state index in [1.54, 1.807) is 43.0 Å². The lowest BCUT2D eigenvalue weighted by Crippen LogP contribution is -2.40. The van der Waals surface area contributed by atoms with Crippen LogP contribution in [0.5, 0.6) is 5.75 Å². The number of carboxylic acids is 1. The van der Waals surface area contributed by atoms with E-state index in [-0.39, 0.29) is 12.5 Å². The summed E-state index contributed by atoms with van der Waals surface area (Å²) in [5.74, 6) is -1.26. The van der Waals surface area contributed by atoms with Crippen LogP contribution in [0.4, 0.5) is 5.69 Å². The third-order valence-electron chi connectivity index (χ3n) is 4.25. The topological polar surface area (TPSA) is 66.8 Å². The Balaban J connectivity index is 1.77. The number of carbonyl (C=O) groups excluding carboxylic acids is 1.